The molecule has 0 saturated carbocycles. The highest BCUT2D eigenvalue weighted by molar-refractivity contribution is 6.15. The lowest BCUT2D eigenvalue weighted by Gasteiger charge is -2.24. The second-order valence-electron chi connectivity index (χ2n) is 8.65. The summed E-state index contributed by atoms with van der Waals surface area (Å²) >= 11 is 0. The number of nitrogens with one attached hydrogen (secondary N) is 1. The zero-order chi connectivity index (χ0) is 25.6. The number of hydrogen-bond donors (Lipinski definition) is 2. The van der Waals surface area contributed by atoms with Crippen LogP contribution in [-0.2, 0) is 4.79 Å². The molecule has 5 rings (SSSR count). The number of rotatable bonds is 5. The quantitative estimate of drug-likeness (QED) is 0.429. The second kappa shape index (κ2) is 8.92. The van der Waals surface area contributed by atoms with E-state index in [2.05, 4.69) is 10.2 Å². The van der Waals surface area contributed by atoms with Crippen molar-refractivity contribution in [3.63, 3.8) is 0 Å². The minimum Gasteiger partial charge on any atom is -0.508 e. The van der Waals surface area contributed by atoms with E-state index in [1.807, 2.05) is 0 Å². The number of aromatic amines is 1. The first-order valence-corrected chi connectivity index (χ1v) is 11.3. The van der Waals surface area contributed by atoms with Crippen molar-refractivity contribution < 1.29 is 18.7 Å². The fourth-order valence-corrected chi connectivity index (χ4v) is 4.68. The maximum atomic E-state index is 13.7. The Morgan fingerprint density at radius 3 is 2.08 bits per heavy atom. The molecule has 2 N–H and O–H groups in total. The molecule has 1 aliphatic heterocycles. The number of phenols is 1. The van der Waals surface area contributed by atoms with Gasteiger partial charge in [-0.1, -0.05) is 18.2 Å². The first-order valence-electron chi connectivity index (χ1n) is 11.3. The van der Waals surface area contributed by atoms with Crippen LogP contribution in [0.2, 0.25) is 0 Å². The third kappa shape index (κ3) is 3.88. The summed E-state index contributed by atoms with van der Waals surface area (Å²) < 4.78 is 28.2. The Bertz CT molecular complexity index is 1540. The fraction of sp³-hybridized carbons (Fsp3) is 0.148. The van der Waals surface area contributed by atoms with Crippen molar-refractivity contribution in [3.05, 3.63) is 112 Å². The van der Waals surface area contributed by atoms with Gasteiger partial charge in [-0.05, 0) is 68.4 Å². The summed E-state index contributed by atoms with van der Waals surface area (Å²) in [5, 5.41) is 19.4. The van der Waals surface area contributed by atoms with E-state index in [4.69, 9.17) is 0 Å². The molecule has 9 heteroatoms. The van der Waals surface area contributed by atoms with Crippen molar-refractivity contribution in [2.75, 3.05) is 5.01 Å². The summed E-state index contributed by atoms with van der Waals surface area (Å²) in [5.41, 5.74) is 1.95. The molecular weight excluding hydrogens is 466 g/mol. The van der Waals surface area contributed by atoms with Gasteiger partial charge in [0.1, 0.15) is 17.4 Å². The third-order valence-corrected chi connectivity index (χ3v) is 6.37. The highest BCUT2D eigenvalue weighted by Gasteiger charge is 2.44. The van der Waals surface area contributed by atoms with Crippen LogP contribution in [0, 0.1) is 24.5 Å². The number of aryl methyl sites for hydroxylation is 1. The lowest BCUT2D eigenvalue weighted by Crippen LogP contribution is -2.34. The highest BCUT2D eigenvalue weighted by atomic mass is 19.1. The van der Waals surface area contributed by atoms with Crippen LogP contribution < -0.4 is 10.6 Å². The molecule has 1 amide bonds. The molecule has 7 nitrogen and oxygen atoms in total. The van der Waals surface area contributed by atoms with Gasteiger partial charge in [0, 0.05) is 28.5 Å². The molecule has 2 unspecified atom stereocenters. The van der Waals surface area contributed by atoms with Crippen LogP contribution in [0.5, 0.6) is 5.75 Å². The molecule has 1 aliphatic rings. The molecule has 0 spiro atoms. The molecule has 0 bridgehead atoms. The Morgan fingerprint density at radius 1 is 0.889 bits per heavy atom. The van der Waals surface area contributed by atoms with Crippen LogP contribution >= 0.6 is 0 Å². The lowest BCUT2D eigenvalue weighted by atomic mass is 9.78. The molecule has 36 heavy (non-hydrogen) atoms. The van der Waals surface area contributed by atoms with E-state index in [9.17, 15) is 23.5 Å². The van der Waals surface area contributed by atoms with Crippen molar-refractivity contribution in [1.29, 1.82) is 0 Å². The Hall–Kier alpha value is -4.53. The number of hydrazone groups is 1. The van der Waals surface area contributed by atoms with Gasteiger partial charge >= 0.3 is 0 Å². The number of amides is 1. The number of hydrogen-bond acceptors (Lipinski definition) is 4. The summed E-state index contributed by atoms with van der Waals surface area (Å²) in [4.78, 5) is 27.4. The van der Waals surface area contributed by atoms with E-state index < -0.39 is 34.9 Å². The smallest absolute Gasteiger partial charge is 0.275 e. The summed E-state index contributed by atoms with van der Waals surface area (Å²) in [6.45, 7) is 3.38. The summed E-state index contributed by atoms with van der Waals surface area (Å²) in [5.74, 6) is -3.16. The largest absolute Gasteiger partial charge is 0.508 e. The number of carbonyl (C=O) groups excluding carboxylic acids is 1. The molecule has 182 valence electrons. The van der Waals surface area contributed by atoms with E-state index in [1.54, 1.807) is 32.0 Å². The average Bonchev–Trinajstić information content (AvgIpc) is 3.32. The van der Waals surface area contributed by atoms with Gasteiger partial charge in [-0.15, -0.1) is 0 Å². The van der Waals surface area contributed by atoms with Gasteiger partial charge in [0.25, 0.3) is 11.5 Å². The maximum absolute atomic E-state index is 13.7. The Morgan fingerprint density at radius 2 is 1.47 bits per heavy atom. The van der Waals surface area contributed by atoms with Crippen molar-refractivity contribution in [2.45, 2.75) is 19.8 Å². The molecule has 3 aromatic carbocycles. The predicted octanol–water partition coefficient (Wildman–Crippen LogP) is 4.63. The van der Waals surface area contributed by atoms with Crippen LogP contribution in [-0.4, -0.2) is 26.5 Å². The van der Waals surface area contributed by atoms with Crippen molar-refractivity contribution >= 4 is 17.3 Å². The third-order valence-electron chi connectivity index (χ3n) is 6.37. The number of H-pyrrole nitrogens is 1. The first kappa shape index (κ1) is 23.2. The van der Waals surface area contributed by atoms with E-state index >= 15 is 0 Å². The van der Waals surface area contributed by atoms with Gasteiger partial charge < -0.3 is 5.11 Å². The first-order chi connectivity index (χ1) is 17.3. The number of nitrogens with zero attached hydrogens (tertiary/aromatic N) is 3. The van der Waals surface area contributed by atoms with Gasteiger partial charge in [-0.3, -0.25) is 14.7 Å². The average molecular weight is 488 g/mol. The van der Waals surface area contributed by atoms with E-state index in [0.29, 0.717) is 28.3 Å². The monoisotopic (exact) mass is 488 g/mol. The number of phenolic OH excluding ortho intramolecular Hbond substituents is 1. The molecule has 0 fully saturated rings. The Labute approximate surface area is 204 Å². The standard InChI is InChI=1S/C27H22F2N4O3/c1-15-23(26(35)32(30-15)19-11-7-17(28)8-12-19)25(21-5-3-4-6-22(21)34)24-16(2)31-33(27(24)36)20-13-9-18(29)10-14-20/h3-14,23,25,31,34H,1-2H3. The van der Waals surface area contributed by atoms with Crippen molar-refractivity contribution in [1.82, 2.24) is 9.78 Å². The molecule has 0 saturated heterocycles. The van der Waals surface area contributed by atoms with Gasteiger partial charge in [-0.2, -0.15) is 5.10 Å². The Balaban J connectivity index is 1.66. The number of benzene rings is 3. The van der Waals surface area contributed by atoms with Crippen LogP contribution in [0.25, 0.3) is 5.69 Å². The molecule has 0 radical (unpaired) electrons. The lowest BCUT2D eigenvalue weighted by molar-refractivity contribution is -0.120. The van der Waals surface area contributed by atoms with Gasteiger partial charge in [-0.25, -0.2) is 18.5 Å². The Kier molecular flexibility index (Phi) is 5.75. The second-order valence-corrected chi connectivity index (χ2v) is 8.65. The van der Waals surface area contributed by atoms with Crippen LogP contribution in [0.15, 0.2) is 82.7 Å². The van der Waals surface area contributed by atoms with Gasteiger partial charge in [0.15, 0.2) is 0 Å². The minimum absolute atomic E-state index is 0.0725. The number of anilines is 1. The number of halogens is 2. The number of carbonyl (C=O) groups is 1. The zero-order valence-electron chi connectivity index (χ0n) is 19.4. The summed E-state index contributed by atoms with van der Waals surface area (Å²) in [6, 6.07) is 17.3. The van der Waals surface area contributed by atoms with Crippen LogP contribution in [0.1, 0.15) is 29.7 Å². The molecule has 1 aromatic heterocycles. The SMILES string of the molecule is CC1=NN(c2ccc(F)cc2)C(=O)C1C(c1ccccc1O)c1c(C)[nH]n(-c2ccc(F)cc2)c1=O. The zero-order valence-corrected chi connectivity index (χ0v) is 19.4. The van der Waals surface area contributed by atoms with E-state index in [-0.39, 0.29) is 11.3 Å². The van der Waals surface area contributed by atoms with Crippen molar-refractivity contribution in [3.8, 4) is 11.4 Å². The normalized spacial score (nSPS) is 16.3. The van der Waals surface area contributed by atoms with Gasteiger partial charge in [0.2, 0.25) is 0 Å². The molecular formula is C27H22F2N4O3. The minimum atomic E-state index is -0.910. The van der Waals surface area contributed by atoms with Crippen LogP contribution in [0.3, 0.4) is 0 Å². The fourth-order valence-electron chi connectivity index (χ4n) is 4.68. The maximum Gasteiger partial charge on any atom is 0.275 e. The molecule has 0 aliphatic carbocycles. The van der Waals surface area contributed by atoms with Crippen molar-refractivity contribution in [2.24, 2.45) is 11.0 Å². The molecule has 2 atom stereocenters. The summed E-state index contributed by atoms with van der Waals surface area (Å²) in [6.07, 6.45) is 0. The number of aromatic hydroxyl groups is 1. The number of para-hydroxylation sites is 1. The van der Waals surface area contributed by atoms with Crippen LogP contribution in [0.4, 0.5) is 14.5 Å². The highest BCUT2D eigenvalue weighted by Crippen LogP contribution is 2.41. The number of aromatic nitrogens is 2. The predicted molar refractivity (Wildman–Crippen MR) is 132 cm³/mol. The van der Waals surface area contributed by atoms with Gasteiger partial charge in [0.05, 0.1) is 17.3 Å². The molecule has 2 heterocycles. The topological polar surface area (TPSA) is 90.7 Å². The molecule has 4 aromatic rings. The summed E-state index contributed by atoms with van der Waals surface area (Å²) in [7, 11) is 0. The van der Waals surface area contributed by atoms with E-state index in [1.165, 1.54) is 64.3 Å². The van der Waals surface area contributed by atoms with E-state index in [0.717, 1.165) is 0 Å².